The number of imidazole rings is 2. The molecule has 5 nitrogen and oxygen atoms in total. The summed E-state index contributed by atoms with van der Waals surface area (Å²) in [5.41, 5.74) is 2.15. The van der Waals surface area contributed by atoms with Crippen molar-refractivity contribution in [2.75, 3.05) is 5.32 Å². The molecule has 0 aliphatic carbocycles. The Morgan fingerprint density at radius 3 is 2.20 bits per heavy atom. The number of hydrogen-bond donors (Lipinski definition) is 2. The first-order valence-corrected chi connectivity index (χ1v) is 6.94. The lowest BCUT2D eigenvalue weighted by molar-refractivity contribution is 0.572. The monoisotopic (exact) mass is 275 g/mol. The molecule has 2 N–H and O–H groups in total. The van der Waals surface area contributed by atoms with Gasteiger partial charge in [0.15, 0.2) is 5.82 Å². The van der Waals surface area contributed by atoms with Crippen LogP contribution in [0.2, 0.25) is 0 Å². The first kappa shape index (κ1) is 14.6. The molecule has 0 aliphatic heterocycles. The molecule has 0 unspecified atom stereocenters. The smallest absolute Gasteiger partial charge is 0.203 e. The molecule has 0 fully saturated rings. The Morgan fingerprint density at radius 2 is 1.70 bits per heavy atom. The maximum atomic E-state index is 4.48. The summed E-state index contributed by atoms with van der Waals surface area (Å²) in [7, 11) is 2.00. The van der Waals surface area contributed by atoms with E-state index in [1.165, 1.54) is 0 Å². The minimum Gasteiger partial charge on any atom is -0.351 e. The SMILES string of the molecule is Cn1c(-c2ncc(C(C)(C)C)[nH]2)cnc1NC(C)(C)C. The maximum absolute atomic E-state index is 4.48. The van der Waals surface area contributed by atoms with E-state index in [1.807, 2.05) is 24.0 Å². The summed E-state index contributed by atoms with van der Waals surface area (Å²) in [6.07, 6.45) is 3.75. The fourth-order valence-electron chi connectivity index (χ4n) is 1.91. The van der Waals surface area contributed by atoms with Gasteiger partial charge in [0.05, 0.1) is 6.20 Å². The van der Waals surface area contributed by atoms with Crippen LogP contribution in [-0.4, -0.2) is 25.1 Å². The highest BCUT2D eigenvalue weighted by Crippen LogP contribution is 2.25. The zero-order valence-electron chi connectivity index (χ0n) is 13.5. The Kier molecular flexibility index (Phi) is 3.40. The highest BCUT2D eigenvalue weighted by atomic mass is 15.2. The molecule has 0 aromatic carbocycles. The van der Waals surface area contributed by atoms with Crippen LogP contribution in [0.3, 0.4) is 0 Å². The summed E-state index contributed by atoms with van der Waals surface area (Å²) in [4.78, 5) is 12.3. The summed E-state index contributed by atoms with van der Waals surface area (Å²) in [5.74, 6) is 1.70. The molecular formula is C15H25N5. The van der Waals surface area contributed by atoms with Gasteiger partial charge in [0, 0.05) is 29.9 Å². The normalized spacial score (nSPS) is 12.8. The number of aromatic nitrogens is 4. The first-order chi connectivity index (χ1) is 9.08. The van der Waals surface area contributed by atoms with Crippen molar-refractivity contribution in [2.24, 2.45) is 7.05 Å². The first-order valence-electron chi connectivity index (χ1n) is 6.94. The summed E-state index contributed by atoms with van der Waals surface area (Å²) in [6, 6.07) is 0. The Hall–Kier alpha value is -1.78. The van der Waals surface area contributed by atoms with Crippen LogP contribution in [0.5, 0.6) is 0 Å². The number of rotatable bonds is 2. The van der Waals surface area contributed by atoms with Crippen LogP contribution < -0.4 is 5.32 Å². The molecule has 0 aliphatic rings. The van der Waals surface area contributed by atoms with Crippen LogP contribution >= 0.6 is 0 Å². The lowest BCUT2D eigenvalue weighted by Crippen LogP contribution is -2.27. The van der Waals surface area contributed by atoms with Gasteiger partial charge in [0.1, 0.15) is 5.69 Å². The van der Waals surface area contributed by atoms with E-state index in [0.29, 0.717) is 0 Å². The van der Waals surface area contributed by atoms with Crippen molar-refractivity contribution >= 4 is 5.95 Å². The van der Waals surface area contributed by atoms with Gasteiger partial charge >= 0.3 is 0 Å². The lowest BCUT2D eigenvalue weighted by Gasteiger charge is -2.21. The van der Waals surface area contributed by atoms with Gasteiger partial charge in [0.2, 0.25) is 5.95 Å². The van der Waals surface area contributed by atoms with Crippen molar-refractivity contribution in [1.29, 1.82) is 0 Å². The van der Waals surface area contributed by atoms with Crippen molar-refractivity contribution in [2.45, 2.75) is 52.5 Å². The maximum Gasteiger partial charge on any atom is 0.203 e. The van der Waals surface area contributed by atoms with Gasteiger partial charge in [0.25, 0.3) is 0 Å². The van der Waals surface area contributed by atoms with E-state index in [-0.39, 0.29) is 11.0 Å². The van der Waals surface area contributed by atoms with Crippen LogP contribution in [0.4, 0.5) is 5.95 Å². The van der Waals surface area contributed by atoms with Gasteiger partial charge in [-0.15, -0.1) is 0 Å². The number of aromatic amines is 1. The number of anilines is 1. The van der Waals surface area contributed by atoms with E-state index in [2.05, 4.69) is 61.8 Å². The van der Waals surface area contributed by atoms with Crippen molar-refractivity contribution in [3.8, 4) is 11.5 Å². The highest BCUT2D eigenvalue weighted by Gasteiger charge is 2.20. The van der Waals surface area contributed by atoms with Crippen molar-refractivity contribution < 1.29 is 0 Å². The van der Waals surface area contributed by atoms with E-state index in [9.17, 15) is 0 Å². The zero-order valence-corrected chi connectivity index (χ0v) is 13.5. The molecule has 110 valence electrons. The molecule has 0 saturated carbocycles. The Bertz CT molecular complexity index is 593. The second-order valence-corrected chi connectivity index (χ2v) is 7.30. The van der Waals surface area contributed by atoms with E-state index < -0.39 is 0 Å². The van der Waals surface area contributed by atoms with Crippen molar-refractivity contribution in [1.82, 2.24) is 19.5 Å². The summed E-state index contributed by atoms with van der Waals surface area (Å²) >= 11 is 0. The number of hydrogen-bond acceptors (Lipinski definition) is 3. The molecule has 5 heteroatoms. The highest BCUT2D eigenvalue weighted by molar-refractivity contribution is 5.54. The van der Waals surface area contributed by atoms with Crippen LogP contribution in [0.15, 0.2) is 12.4 Å². The van der Waals surface area contributed by atoms with Gasteiger partial charge in [-0.25, -0.2) is 9.97 Å². The summed E-state index contributed by atoms with van der Waals surface area (Å²) < 4.78 is 2.02. The minimum atomic E-state index is -0.0177. The van der Waals surface area contributed by atoms with Crippen LogP contribution in [-0.2, 0) is 12.5 Å². The Balaban J connectivity index is 2.33. The number of nitrogens with one attached hydrogen (secondary N) is 2. The fraction of sp³-hybridized carbons (Fsp3) is 0.600. The number of H-pyrrole nitrogens is 1. The standard InChI is InChI=1S/C15H25N5/c1-14(2,3)11-9-16-12(18-11)10-8-17-13(20(10)7)19-15(4,5)6/h8-9H,1-7H3,(H,16,18)(H,17,19). The molecule has 0 radical (unpaired) electrons. The van der Waals surface area contributed by atoms with Gasteiger partial charge in [-0.1, -0.05) is 20.8 Å². The van der Waals surface area contributed by atoms with E-state index >= 15 is 0 Å². The van der Waals surface area contributed by atoms with Gasteiger partial charge in [-0.2, -0.15) is 0 Å². The zero-order chi connectivity index (χ0) is 15.1. The van der Waals surface area contributed by atoms with Gasteiger partial charge < -0.3 is 14.9 Å². The van der Waals surface area contributed by atoms with Crippen molar-refractivity contribution in [3.63, 3.8) is 0 Å². The minimum absolute atomic E-state index is 0.0177. The fourth-order valence-corrected chi connectivity index (χ4v) is 1.91. The van der Waals surface area contributed by atoms with E-state index in [0.717, 1.165) is 23.2 Å². The molecule has 2 aromatic rings. The molecule has 2 rings (SSSR count). The van der Waals surface area contributed by atoms with Crippen LogP contribution in [0.1, 0.15) is 47.2 Å². The molecule has 2 aromatic heterocycles. The Morgan fingerprint density at radius 1 is 1.05 bits per heavy atom. The summed E-state index contributed by atoms with van der Waals surface area (Å²) in [6.45, 7) is 12.9. The summed E-state index contributed by atoms with van der Waals surface area (Å²) in [5, 5.41) is 3.39. The van der Waals surface area contributed by atoms with Gasteiger partial charge in [-0.05, 0) is 20.8 Å². The third kappa shape index (κ3) is 3.03. The predicted molar refractivity (Wildman–Crippen MR) is 82.9 cm³/mol. The topological polar surface area (TPSA) is 58.5 Å². The molecule has 0 saturated heterocycles. The largest absolute Gasteiger partial charge is 0.351 e. The Labute approximate surface area is 120 Å². The molecule has 0 bridgehead atoms. The lowest BCUT2D eigenvalue weighted by atomic mass is 9.93. The quantitative estimate of drug-likeness (QED) is 0.884. The molecule has 2 heterocycles. The second-order valence-electron chi connectivity index (χ2n) is 7.30. The molecule has 20 heavy (non-hydrogen) atoms. The molecule has 0 spiro atoms. The van der Waals surface area contributed by atoms with Crippen LogP contribution in [0.25, 0.3) is 11.5 Å². The van der Waals surface area contributed by atoms with Crippen molar-refractivity contribution in [3.05, 3.63) is 18.1 Å². The molecular weight excluding hydrogens is 250 g/mol. The third-order valence-corrected chi connectivity index (χ3v) is 3.10. The third-order valence-electron chi connectivity index (χ3n) is 3.10. The molecule has 0 atom stereocenters. The number of nitrogens with zero attached hydrogens (tertiary/aromatic N) is 3. The van der Waals surface area contributed by atoms with E-state index in [1.54, 1.807) is 0 Å². The average molecular weight is 275 g/mol. The predicted octanol–water partition coefficient (Wildman–Crippen LogP) is 3.32. The average Bonchev–Trinajstić information content (AvgIpc) is 2.84. The second kappa shape index (κ2) is 4.65. The molecule has 0 amide bonds. The van der Waals surface area contributed by atoms with E-state index in [4.69, 9.17) is 0 Å². The van der Waals surface area contributed by atoms with Crippen LogP contribution in [0, 0.1) is 0 Å². The van der Waals surface area contributed by atoms with Gasteiger partial charge in [-0.3, -0.25) is 0 Å².